The first kappa shape index (κ1) is 15.5. The topological polar surface area (TPSA) is 28.2 Å². The van der Waals surface area contributed by atoms with E-state index in [4.69, 9.17) is 0 Å². The molecule has 0 spiro atoms. The minimum Gasteiger partial charge on any atom is -0.326 e. The summed E-state index contributed by atoms with van der Waals surface area (Å²) < 4.78 is 0. The van der Waals surface area contributed by atoms with Crippen LogP contribution in [0.2, 0.25) is 0 Å². The SMILES string of the molecule is CCCCN(c1ccccc1)c1cc(CNCC)ccn1. The predicted molar refractivity (Wildman–Crippen MR) is 90.0 cm³/mol. The van der Waals surface area contributed by atoms with Crippen molar-refractivity contribution in [1.82, 2.24) is 10.3 Å². The van der Waals surface area contributed by atoms with Gasteiger partial charge in [-0.3, -0.25) is 0 Å². The van der Waals surface area contributed by atoms with Gasteiger partial charge in [0.2, 0.25) is 0 Å². The van der Waals surface area contributed by atoms with Crippen molar-refractivity contribution in [2.75, 3.05) is 18.0 Å². The number of anilines is 2. The molecule has 0 amide bonds. The molecule has 1 N–H and O–H groups in total. The van der Waals surface area contributed by atoms with Gasteiger partial charge in [-0.1, -0.05) is 38.5 Å². The molecule has 0 bridgehead atoms. The lowest BCUT2D eigenvalue weighted by Crippen LogP contribution is -2.20. The molecule has 1 aromatic heterocycles. The van der Waals surface area contributed by atoms with E-state index in [0.717, 1.165) is 31.9 Å². The van der Waals surface area contributed by atoms with E-state index in [1.165, 1.54) is 17.7 Å². The number of benzene rings is 1. The molecule has 1 heterocycles. The summed E-state index contributed by atoms with van der Waals surface area (Å²) in [6, 6.07) is 14.8. The molecule has 0 aliphatic heterocycles. The zero-order chi connectivity index (χ0) is 14.9. The van der Waals surface area contributed by atoms with Gasteiger partial charge in [-0.25, -0.2) is 4.98 Å². The van der Waals surface area contributed by atoms with Crippen LogP contribution in [0, 0.1) is 0 Å². The van der Waals surface area contributed by atoms with Gasteiger partial charge in [0, 0.05) is 25.0 Å². The number of hydrogen-bond donors (Lipinski definition) is 1. The maximum absolute atomic E-state index is 4.58. The zero-order valence-electron chi connectivity index (χ0n) is 13.0. The maximum atomic E-state index is 4.58. The molecular weight excluding hydrogens is 258 g/mol. The second kappa shape index (κ2) is 8.42. The third-order valence-corrected chi connectivity index (χ3v) is 3.47. The van der Waals surface area contributed by atoms with Crippen LogP contribution in [0.3, 0.4) is 0 Å². The first-order valence-electron chi connectivity index (χ1n) is 7.83. The lowest BCUT2D eigenvalue weighted by atomic mass is 10.2. The van der Waals surface area contributed by atoms with Crippen molar-refractivity contribution in [3.8, 4) is 0 Å². The smallest absolute Gasteiger partial charge is 0.133 e. The molecule has 0 unspecified atom stereocenters. The van der Waals surface area contributed by atoms with Crippen LogP contribution in [-0.4, -0.2) is 18.1 Å². The lowest BCUT2D eigenvalue weighted by Gasteiger charge is -2.24. The zero-order valence-corrected chi connectivity index (χ0v) is 13.0. The van der Waals surface area contributed by atoms with Gasteiger partial charge in [-0.05, 0) is 42.8 Å². The van der Waals surface area contributed by atoms with Crippen LogP contribution in [0.15, 0.2) is 48.7 Å². The molecular formula is C18H25N3. The summed E-state index contributed by atoms with van der Waals surface area (Å²) in [6.45, 7) is 7.22. The standard InChI is InChI=1S/C18H25N3/c1-3-5-13-21(17-9-7-6-8-10-17)18-14-16(11-12-20-18)15-19-4-2/h6-12,14,19H,3-5,13,15H2,1-2H3. The number of aromatic nitrogens is 1. The summed E-state index contributed by atoms with van der Waals surface area (Å²) in [6.07, 6.45) is 4.25. The second-order valence-corrected chi connectivity index (χ2v) is 5.14. The van der Waals surface area contributed by atoms with Gasteiger partial charge in [-0.15, -0.1) is 0 Å². The molecule has 2 rings (SSSR count). The Bertz CT molecular complexity index is 525. The maximum Gasteiger partial charge on any atom is 0.133 e. The molecule has 1 aromatic carbocycles. The monoisotopic (exact) mass is 283 g/mol. The Morgan fingerprint density at radius 3 is 2.62 bits per heavy atom. The summed E-state index contributed by atoms with van der Waals surface area (Å²) in [5.41, 5.74) is 2.48. The predicted octanol–water partition coefficient (Wildman–Crippen LogP) is 4.13. The molecule has 0 saturated heterocycles. The van der Waals surface area contributed by atoms with Crippen molar-refractivity contribution < 1.29 is 0 Å². The van der Waals surface area contributed by atoms with Gasteiger partial charge in [0.05, 0.1) is 0 Å². The molecule has 3 heteroatoms. The van der Waals surface area contributed by atoms with Crippen molar-refractivity contribution >= 4 is 11.5 Å². The van der Waals surface area contributed by atoms with E-state index in [1.54, 1.807) is 0 Å². The number of rotatable bonds is 8. The Morgan fingerprint density at radius 1 is 1.10 bits per heavy atom. The molecule has 21 heavy (non-hydrogen) atoms. The third-order valence-electron chi connectivity index (χ3n) is 3.47. The van der Waals surface area contributed by atoms with Crippen LogP contribution in [0.1, 0.15) is 32.3 Å². The molecule has 0 atom stereocenters. The molecule has 3 nitrogen and oxygen atoms in total. The average molecular weight is 283 g/mol. The molecule has 0 saturated carbocycles. The third kappa shape index (κ3) is 4.57. The Kier molecular flexibility index (Phi) is 6.22. The summed E-state index contributed by atoms with van der Waals surface area (Å²) in [5, 5.41) is 3.37. The highest BCUT2D eigenvalue weighted by Crippen LogP contribution is 2.24. The van der Waals surface area contributed by atoms with Gasteiger partial charge in [0.15, 0.2) is 0 Å². The Balaban J connectivity index is 2.23. The number of nitrogens with zero attached hydrogens (tertiary/aromatic N) is 2. The highest BCUT2D eigenvalue weighted by Gasteiger charge is 2.10. The first-order chi connectivity index (χ1) is 10.3. The van der Waals surface area contributed by atoms with Crippen LogP contribution >= 0.6 is 0 Å². The van der Waals surface area contributed by atoms with E-state index in [0.29, 0.717) is 0 Å². The van der Waals surface area contributed by atoms with Crippen LogP contribution in [0.25, 0.3) is 0 Å². The van der Waals surface area contributed by atoms with Crippen LogP contribution < -0.4 is 10.2 Å². The molecule has 112 valence electrons. The van der Waals surface area contributed by atoms with Gasteiger partial charge in [0.25, 0.3) is 0 Å². The van der Waals surface area contributed by atoms with Crippen molar-refractivity contribution in [3.63, 3.8) is 0 Å². The van der Waals surface area contributed by atoms with E-state index in [-0.39, 0.29) is 0 Å². The number of nitrogens with one attached hydrogen (secondary N) is 1. The fourth-order valence-electron chi connectivity index (χ4n) is 2.29. The molecule has 0 aliphatic rings. The highest BCUT2D eigenvalue weighted by molar-refractivity contribution is 5.60. The summed E-state index contributed by atoms with van der Waals surface area (Å²) in [7, 11) is 0. The van der Waals surface area contributed by atoms with Gasteiger partial charge in [-0.2, -0.15) is 0 Å². The van der Waals surface area contributed by atoms with Crippen molar-refractivity contribution in [2.24, 2.45) is 0 Å². The number of hydrogen-bond acceptors (Lipinski definition) is 3. The van der Waals surface area contributed by atoms with Gasteiger partial charge in [0.1, 0.15) is 5.82 Å². The minimum atomic E-state index is 0.891. The van der Waals surface area contributed by atoms with Crippen LogP contribution in [0.5, 0.6) is 0 Å². The number of unbranched alkanes of at least 4 members (excludes halogenated alkanes) is 1. The number of para-hydroxylation sites is 1. The van der Waals surface area contributed by atoms with E-state index in [1.807, 2.05) is 6.20 Å². The Morgan fingerprint density at radius 2 is 1.90 bits per heavy atom. The van der Waals surface area contributed by atoms with Crippen LogP contribution in [0.4, 0.5) is 11.5 Å². The summed E-state index contributed by atoms with van der Waals surface area (Å²) >= 11 is 0. The largest absolute Gasteiger partial charge is 0.326 e. The minimum absolute atomic E-state index is 0.891. The van der Waals surface area contributed by atoms with E-state index in [9.17, 15) is 0 Å². The normalized spacial score (nSPS) is 10.6. The lowest BCUT2D eigenvalue weighted by molar-refractivity contribution is 0.724. The van der Waals surface area contributed by atoms with Crippen LogP contribution in [-0.2, 0) is 6.54 Å². The number of pyridine rings is 1. The van der Waals surface area contributed by atoms with E-state index >= 15 is 0 Å². The van der Waals surface area contributed by atoms with E-state index < -0.39 is 0 Å². The van der Waals surface area contributed by atoms with Crippen molar-refractivity contribution in [1.29, 1.82) is 0 Å². The molecule has 0 radical (unpaired) electrons. The van der Waals surface area contributed by atoms with Gasteiger partial charge < -0.3 is 10.2 Å². The Labute approximate surface area is 128 Å². The first-order valence-corrected chi connectivity index (χ1v) is 7.83. The molecule has 2 aromatic rings. The average Bonchev–Trinajstić information content (AvgIpc) is 2.55. The highest BCUT2D eigenvalue weighted by atomic mass is 15.2. The van der Waals surface area contributed by atoms with Gasteiger partial charge >= 0.3 is 0 Å². The summed E-state index contributed by atoms with van der Waals surface area (Å²) in [4.78, 5) is 6.88. The van der Waals surface area contributed by atoms with Crippen molar-refractivity contribution in [3.05, 3.63) is 54.2 Å². The molecule has 0 fully saturated rings. The Hall–Kier alpha value is -1.87. The molecule has 0 aliphatic carbocycles. The fourth-order valence-corrected chi connectivity index (χ4v) is 2.29. The van der Waals surface area contributed by atoms with E-state index in [2.05, 4.69) is 71.5 Å². The summed E-state index contributed by atoms with van der Waals surface area (Å²) in [5.74, 6) is 1.03. The quantitative estimate of drug-likeness (QED) is 0.789. The second-order valence-electron chi connectivity index (χ2n) is 5.14. The van der Waals surface area contributed by atoms with Crippen molar-refractivity contribution in [2.45, 2.75) is 33.2 Å². The fraction of sp³-hybridized carbons (Fsp3) is 0.389.